The van der Waals surface area contributed by atoms with Gasteiger partial charge in [-0.25, -0.2) is 0 Å². The molecule has 3 saturated carbocycles. The maximum Gasteiger partial charge on any atom is 0.0897 e. The van der Waals surface area contributed by atoms with Gasteiger partial charge in [-0.3, -0.25) is 4.39 Å². The van der Waals surface area contributed by atoms with Crippen molar-refractivity contribution in [2.45, 2.75) is 96.3 Å². The molecule has 0 saturated heterocycles. The van der Waals surface area contributed by atoms with Crippen molar-refractivity contribution in [2.24, 2.45) is 29.6 Å². The van der Waals surface area contributed by atoms with Gasteiger partial charge in [0.2, 0.25) is 0 Å². The molecule has 1 heteroatoms. The van der Waals surface area contributed by atoms with E-state index in [1.807, 2.05) is 0 Å². The lowest BCUT2D eigenvalue weighted by atomic mass is 9.66. The summed E-state index contributed by atoms with van der Waals surface area (Å²) in [6.07, 6.45) is 25.7. The summed E-state index contributed by atoms with van der Waals surface area (Å²) in [5.41, 5.74) is 0. The molecule has 0 radical (unpaired) electrons. The van der Waals surface area contributed by atoms with E-state index >= 15 is 0 Å². The molecule has 0 amide bonds. The normalized spacial score (nSPS) is 36.2. The molecule has 0 aromatic heterocycles. The molecule has 3 aliphatic rings. The summed E-state index contributed by atoms with van der Waals surface area (Å²) in [4.78, 5) is 0. The number of hydrogen-bond donors (Lipinski definition) is 0. The molecule has 0 nitrogen and oxygen atoms in total. The van der Waals surface area contributed by atoms with Gasteiger partial charge < -0.3 is 0 Å². The summed E-state index contributed by atoms with van der Waals surface area (Å²) >= 11 is 0. The number of alkyl halides is 1. The SMILES string of the molecule is FCCC/C=C/C1CCC(C2CCC(C3CCCCC3)CC2)CC1. The maximum atomic E-state index is 12.1. The number of allylic oxidation sites excluding steroid dienone is 2. The lowest BCUT2D eigenvalue weighted by Crippen LogP contribution is -2.28. The number of unbranched alkanes of at least 4 members (excludes halogenated alkanes) is 1. The van der Waals surface area contributed by atoms with Crippen molar-refractivity contribution >= 4 is 0 Å². The molecule has 0 aromatic carbocycles. The first-order chi connectivity index (χ1) is 11.9. The van der Waals surface area contributed by atoms with Crippen molar-refractivity contribution in [3.63, 3.8) is 0 Å². The van der Waals surface area contributed by atoms with Crippen molar-refractivity contribution in [3.05, 3.63) is 12.2 Å². The summed E-state index contributed by atoms with van der Waals surface area (Å²) in [6.45, 7) is -0.166. The first-order valence-electron chi connectivity index (χ1n) is 11.1. The standard InChI is InChI=1S/C23H39F/c24-18-6-2-3-7-19-10-12-21(13-11-19)23-16-14-22(15-17-23)20-8-4-1-5-9-20/h3,7,19-23H,1-2,4-6,8-18H2/b7-3+. The molecule has 0 spiro atoms. The minimum absolute atomic E-state index is 0.166. The van der Waals surface area contributed by atoms with Gasteiger partial charge in [0.05, 0.1) is 6.67 Å². The van der Waals surface area contributed by atoms with Crippen LogP contribution in [0.5, 0.6) is 0 Å². The fraction of sp³-hybridized carbons (Fsp3) is 0.913. The van der Waals surface area contributed by atoms with Crippen LogP contribution in [-0.4, -0.2) is 6.67 Å². The van der Waals surface area contributed by atoms with Gasteiger partial charge in [-0.05, 0) is 93.8 Å². The first-order valence-corrected chi connectivity index (χ1v) is 11.1. The third-order valence-electron chi connectivity index (χ3n) is 7.53. The lowest BCUT2D eigenvalue weighted by molar-refractivity contribution is 0.117. The van der Waals surface area contributed by atoms with Crippen molar-refractivity contribution in [1.29, 1.82) is 0 Å². The van der Waals surface area contributed by atoms with E-state index in [9.17, 15) is 4.39 Å². The van der Waals surface area contributed by atoms with Crippen LogP contribution in [-0.2, 0) is 0 Å². The van der Waals surface area contributed by atoms with Gasteiger partial charge in [-0.15, -0.1) is 0 Å². The van der Waals surface area contributed by atoms with Gasteiger partial charge in [0.1, 0.15) is 0 Å². The van der Waals surface area contributed by atoms with Gasteiger partial charge in [0.15, 0.2) is 0 Å². The van der Waals surface area contributed by atoms with E-state index in [2.05, 4.69) is 12.2 Å². The van der Waals surface area contributed by atoms with Crippen molar-refractivity contribution < 1.29 is 4.39 Å². The predicted molar refractivity (Wildman–Crippen MR) is 102 cm³/mol. The minimum atomic E-state index is -0.166. The molecule has 0 bridgehead atoms. The molecular formula is C23H39F. The Hall–Kier alpha value is -0.330. The van der Waals surface area contributed by atoms with Crippen LogP contribution in [0.4, 0.5) is 4.39 Å². The van der Waals surface area contributed by atoms with Crippen LogP contribution in [0.2, 0.25) is 0 Å². The quantitative estimate of drug-likeness (QED) is 0.349. The topological polar surface area (TPSA) is 0 Å². The Bertz CT molecular complexity index is 352. The number of hydrogen-bond acceptors (Lipinski definition) is 0. The molecule has 3 rings (SSSR count). The van der Waals surface area contributed by atoms with Gasteiger partial charge in [0.25, 0.3) is 0 Å². The maximum absolute atomic E-state index is 12.1. The second kappa shape index (κ2) is 9.97. The molecule has 0 aromatic rings. The molecule has 3 fully saturated rings. The monoisotopic (exact) mass is 334 g/mol. The van der Waals surface area contributed by atoms with Crippen molar-refractivity contribution in [3.8, 4) is 0 Å². The van der Waals surface area contributed by atoms with E-state index in [0.717, 1.165) is 36.0 Å². The van der Waals surface area contributed by atoms with Crippen LogP contribution < -0.4 is 0 Å². The Labute approximate surface area is 149 Å². The summed E-state index contributed by atoms with van der Waals surface area (Å²) in [7, 11) is 0. The summed E-state index contributed by atoms with van der Waals surface area (Å²) in [5.74, 6) is 5.02. The molecule has 0 heterocycles. The first kappa shape index (κ1) is 18.5. The van der Waals surface area contributed by atoms with Crippen molar-refractivity contribution in [2.75, 3.05) is 6.67 Å². The van der Waals surface area contributed by atoms with E-state index in [1.165, 1.54) is 70.6 Å². The molecule has 24 heavy (non-hydrogen) atoms. The highest BCUT2D eigenvalue weighted by molar-refractivity contribution is 4.92. The second-order valence-corrected chi connectivity index (χ2v) is 9.01. The Morgan fingerprint density at radius 2 is 1.12 bits per heavy atom. The van der Waals surface area contributed by atoms with Crippen LogP contribution in [0.1, 0.15) is 96.3 Å². The lowest BCUT2D eigenvalue weighted by Gasteiger charge is -2.40. The van der Waals surface area contributed by atoms with Gasteiger partial charge in [-0.2, -0.15) is 0 Å². The van der Waals surface area contributed by atoms with Crippen LogP contribution in [0.15, 0.2) is 12.2 Å². The third kappa shape index (κ3) is 5.33. The highest BCUT2D eigenvalue weighted by Gasteiger charge is 2.33. The molecule has 0 aliphatic heterocycles. The average molecular weight is 335 g/mol. The Morgan fingerprint density at radius 3 is 1.67 bits per heavy atom. The number of halogens is 1. The zero-order valence-corrected chi connectivity index (χ0v) is 15.7. The Morgan fingerprint density at radius 1 is 0.625 bits per heavy atom. The highest BCUT2D eigenvalue weighted by atomic mass is 19.1. The average Bonchev–Trinajstić information content (AvgIpc) is 2.67. The van der Waals surface area contributed by atoms with E-state index in [4.69, 9.17) is 0 Å². The minimum Gasteiger partial charge on any atom is -0.251 e. The summed E-state index contributed by atoms with van der Waals surface area (Å²) in [5, 5.41) is 0. The van der Waals surface area contributed by atoms with Gasteiger partial charge in [-0.1, -0.05) is 44.3 Å². The van der Waals surface area contributed by atoms with Crippen LogP contribution in [0, 0.1) is 29.6 Å². The molecule has 0 atom stereocenters. The van der Waals surface area contributed by atoms with E-state index < -0.39 is 0 Å². The smallest absolute Gasteiger partial charge is 0.0897 e. The summed E-state index contributed by atoms with van der Waals surface area (Å²) < 4.78 is 12.1. The largest absolute Gasteiger partial charge is 0.251 e. The highest BCUT2D eigenvalue weighted by Crippen LogP contribution is 2.45. The third-order valence-corrected chi connectivity index (χ3v) is 7.53. The fourth-order valence-corrected chi connectivity index (χ4v) is 5.99. The molecule has 0 N–H and O–H groups in total. The van der Waals surface area contributed by atoms with E-state index in [-0.39, 0.29) is 6.67 Å². The summed E-state index contributed by atoms with van der Waals surface area (Å²) in [6, 6.07) is 0. The van der Waals surface area contributed by atoms with E-state index in [0.29, 0.717) is 6.42 Å². The zero-order valence-electron chi connectivity index (χ0n) is 15.7. The Balaban J connectivity index is 1.35. The van der Waals surface area contributed by atoms with Gasteiger partial charge >= 0.3 is 0 Å². The molecular weight excluding hydrogens is 295 g/mol. The van der Waals surface area contributed by atoms with Gasteiger partial charge in [0, 0.05) is 0 Å². The van der Waals surface area contributed by atoms with E-state index in [1.54, 1.807) is 12.8 Å². The zero-order chi connectivity index (χ0) is 16.6. The Kier molecular flexibility index (Phi) is 7.67. The van der Waals surface area contributed by atoms with Crippen LogP contribution in [0.3, 0.4) is 0 Å². The fourth-order valence-electron chi connectivity index (χ4n) is 5.99. The molecule has 3 aliphatic carbocycles. The number of rotatable bonds is 6. The second-order valence-electron chi connectivity index (χ2n) is 9.01. The molecule has 138 valence electrons. The predicted octanol–water partition coefficient (Wildman–Crippen LogP) is 7.49. The van der Waals surface area contributed by atoms with Crippen LogP contribution in [0.25, 0.3) is 0 Å². The van der Waals surface area contributed by atoms with Crippen molar-refractivity contribution in [1.82, 2.24) is 0 Å². The van der Waals surface area contributed by atoms with Crippen LogP contribution >= 0.6 is 0 Å². The molecule has 0 unspecified atom stereocenters.